The van der Waals surface area contributed by atoms with Gasteiger partial charge in [0.1, 0.15) is 5.75 Å². The number of nitrogens with one attached hydrogen (secondary N) is 2. The summed E-state index contributed by atoms with van der Waals surface area (Å²) < 4.78 is 5.37. The Labute approximate surface area is 163 Å². The number of hydrogen-bond donors (Lipinski definition) is 2. The fourth-order valence-electron chi connectivity index (χ4n) is 3.10. The average molecular weight is 388 g/mol. The number of aromatic nitrogens is 1. The Morgan fingerprint density at radius 2 is 1.96 bits per heavy atom. The lowest BCUT2D eigenvalue weighted by Gasteiger charge is -2.20. The molecule has 1 aromatic carbocycles. The highest BCUT2D eigenvalue weighted by Crippen LogP contribution is 2.31. The van der Waals surface area contributed by atoms with Crippen LogP contribution in [0.4, 0.5) is 5.13 Å². The minimum absolute atomic E-state index is 0.0530. The summed E-state index contributed by atoms with van der Waals surface area (Å²) >= 11 is 1.53. The highest BCUT2D eigenvalue weighted by Gasteiger charge is 2.18. The quantitative estimate of drug-likeness (QED) is 0.677. The predicted molar refractivity (Wildman–Crippen MR) is 107 cm³/mol. The lowest BCUT2D eigenvalue weighted by Crippen LogP contribution is -2.26. The molecule has 0 bridgehead atoms. The van der Waals surface area contributed by atoms with Crippen molar-refractivity contribution in [2.45, 2.75) is 38.5 Å². The van der Waals surface area contributed by atoms with Crippen LogP contribution < -0.4 is 15.4 Å². The van der Waals surface area contributed by atoms with Crippen molar-refractivity contribution in [3.8, 4) is 5.75 Å². The molecule has 0 saturated carbocycles. The molecule has 2 heterocycles. The van der Waals surface area contributed by atoms with Gasteiger partial charge in [0.25, 0.3) is 0 Å². The van der Waals surface area contributed by atoms with Gasteiger partial charge in [0, 0.05) is 29.5 Å². The molecular weight excluding hydrogens is 362 g/mol. The Balaban J connectivity index is 1.46. The van der Waals surface area contributed by atoms with E-state index >= 15 is 0 Å². The van der Waals surface area contributed by atoms with E-state index in [9.17, 15) is 9.59 Å². The summed E-state index contributed by atoms with van der Waals surface area (Å²) in [5.74, 6) is 1.03. The van der Waals surface area contributed by atoms with Crippen molar-refractivity contribution in [2.75, 3.05) is 25.0 Å². The molecule has 7 heteroatoms. The minimum Gasteiger partial charge on any atom is -0.494 e. The molecule has 1 aliphatic rings. The number of ether oxygens (including phenoxy) is 1. The number of amides is 1. The maximum absolute atomic E-state index is 12.2. The summed E-state index contributed by atoms with van der Waals surface area (Å²) in [6, 6.07) is 7.01. The fraction of sp³-hybridized carbons (Fsp3) is 0.450. The maximum atomic E-state index is 12.2. The zero-order valence-corrected chi connectivity index (χ0v) is 16.3. The van der Waals surface area contributed by atoms with Crippen LogP contribution >= 0.6 is 11.3 Å². The largest absolute Gasteiger partial charge is 0.494 e. The number of carbonyl (C=O) groups is 2. The molecular formula is C20H25N3O3S. The van der Waals surface area contributed by atoms with E-state index in [0.29, 0.717) is 23.2 Å². The lowest BCUT2D eigenvalue weighted by molar-refractivity contribution is -0.116. The molecule has 1 aromatic heterocycles. The summed E-state index contributed by atoms with van der Waals surface area (Å²) in [7, 11) is 0. The van der Waals surface area contributed by atoms with Crippen LogP contribution in [0.15, 0.2) is 30.5 Å². The molecule has 1 amide bonds. The first-order valence-electron chi connectivity index (χ1n) is 9.38. The van der Waals surface area contributed by atoms with Gasteiger partial charge in [-0.05, 0) is 63.0 Å². The highest BCUT2D eigenvalue weighted by atomic mass is 32.1. The molecule has 27 heavy (non-hydrogen) atoms. The topological polar surface area (TPSA) is 80.3 Å². The van der Waals surface area contributed by atoms with E-state index in [4.69, 9.17) is 4.74 Å². The van der Waals surface area contributed by atoms with E-state index in [1.807, 2.05) is 13.1 Å². The molecule has 1 aliphatic heterocycles. The normalized spacial score (nSPS) is 14.7. The smallest absolute Gasteiger partial charge is 0.226 e. The van der Waals surface area contributed by atoms with Gasteiger partial charge in [0.05, 0.1) is 6.61 Å². The van der Waals surface area contributed by atoms with Gasteiger partial charge in [0.15, 0.2) is 10.9 Å². The van der Waals surface area contributed by atoms with E-state index in [1.165, 1.54) is 16.2 Å². The van der Waals surface area contributed by atoms with Crippen LogP contribution in [0.5, 0.6) is 5.75 Å². The second kappa shape index (κ2) is 9.62. The Morgan fingerprint density at radius 1 is 1.22 bits per heavy atom. The number of benzene rings is 1. The molecule has 0 spiro atoms. The molecule has 0 aliphatic carbocycles. The molecule has 0 radical (unpaired) electrons. The van der Waals surface area contributed by atoms with E-state index in [0.717, 1.165) is 31.7 Å². The minimum atomic E-state index is -0.180. The summed E-state index contributed by atoms with van der Waals surface area (Å²) in [5, 5.41) is 6.78. The first kappa shape index (κ1) is 19.5. The van der Waals surface area contributed by atoms with Crippen LogP contribution in [0, 0.1) is 0 Å². The number of Topliss-reactive ketones (excluding diaryl/α,β-unsaturated/α-hetero) is 1. The first-order valence-corrected chi connectivity index (χ1v) is 10.2. The predicted octanol–water partition coefficient (Wildman–Crippen LogP) is 3.61. The third-order valence-corrected chi connectivity index (χ3v) is 5.65. The van der Waals surface area contributed by atoms with E-state index in [1.54, 1.807) is 24.3 Å². The number of nitrogens with zero attached hydrogens (tertiary/aromatic N) is 1. The van der Waals surface area contributed by atoms with Crippen LogP contribution in [-0.2, 0) is 4.79 Å². The van der Waals surface area contributed by atoms with Crippen LogP contribution in [-0.4, -0.2) is 36.4 Å². The molecule has 2 N–H and O–H groups in total. The molecule has 0 unspecified atom stereocenters. The summed E-state index contributed by atoms with van der Waals surface area (Å²) in [4.78, 5) is 29.9. The molecule has 2 aromatic rings. The number of ketones is 1. The Bertz CT molecular complexity index is 767. The molecule has 6 nitrogen and oxygen atoms in total. The van der Waals surface area contributed by atoms with E-state index in [2.05, 4.69) is 15.6 Å². The zero-order valence-electron chi connectivity index (χ0n) is 15.5. The van der Waals surface area contributed by atoms with Gasteiger partial charge in [-0.3, -0.25) is 9.59 Å². The molecule has 1 saturated heterocycles. The fourth-order valence-corrected chi connectivity index (χ4v) is 4.10. The Hall–Kier alpha value is -2.25. The van der Waals surface area contributed by atoms with Gasteiger partial charge in [-0.2, -0.15) is 0 Å². The first-order chi connectivity index (χ1) is 13.2. The summed E-state index contributed by atoms with van der Waals surface area (Å²) in [6.45, 7) is 4.55. The zero-order chi connectivity index (χ0) is 19.1. The van der Waals surface area contributed by atoms with Crippen LogP contribution in [0.2, 0.25) is 0 Å². The number of rotatable bonds is 8. The van der Waals surface area contributed by atoms with Gasteiger partial charge >= 0.3 is 0 Å². The van der Waals surface area contributed by atoms with Gasteiger partial charge in [0.2, 0.25) is 5.91 Å². The van der Waals surface area contributed by atoms with Gasteiger partial charge < -0.3 is 15.4 Å². The highest BCUT2D eigenvalue weighted by molar-refractivity contribution is 7.15. The van der Waals surface area contributed by atoms with Gasteiger partial charge in [-0.1, -0.05) is 0 Å². The number of carbonyl (C=O) groups excluding carboxylic acids is 2. The molecule has 144 valence electrons. The van der Waals surface area contributed by atoms with Crippen molar-refractivity contribution in [1.82, 2.24) is 10.3 Å². The van der Waals surface area contributed by atoms with Crippen molar-refractivity contribution in [3.05, 3.63) is 40.9 Å². The van der Waals surface area contributed by atoms with Gasteiger partial charge in [-0.15, -0.1) is 11.3 Å². The number of thiazole rings is 1. The maximum Gasteiger partial charge on any atom is 0.226 e. The third kappa shape index (κ3) is 5.61. The molecule has 0 atom stereocenters. The SMILES string of the molecule is CCOc1ccc(C(=O)CCC(=O)Nc2ncc(C3CCNCC3)s2)cc1. The number of piperidine rings is 1. The third-order valence-electron chi connectivity index (χ3n) is 4.58. The Kier molecular flexibility index (Phi) is 6.95. The van der Waals surface area contributed by atoms with E-state index in [-0.39, 0.29) is 24.5 Å². The van der Waals surface area contributed by atoms with Crippen molar-refractivity contribution in [3.63, 3.8) is 0 Å². The molecule has 1 fully saturated rings. The van der Waals surface area contributed by atoms with Crippen LogP contribution in [0.1, 0.15) is 53.8 Å². The van der Waals surface area contributed by atoms with Crippen LogP contribution in [0.25, 0.3) is 0 Å². The van der Waals surface area contributed by atoms with E-state index < -0.39 is 0 Å². The monoisotopic (exact) mass is 387 g/mol. The summed E-state index contributed by atoms with van der Waals surface area (Å²) in [5.41, 5.74) is 0.591. The standard InChI is InChI=1S/C20H25N3O3S/c1-2-26-16-5-3-14(4-6-16)17(24)7-8-19(25)23-20-22-13-18(27-20)15-9-11-21-12-10-15/h3-6,13,15,21H,2,7-12H2,1H3,(H,22,23,25). The van der Waals surface area contributed by atoms with Crippen LogP contribution in [0.3, 0.4) is 0 Å². The van der Waals surface area contributed by atoms with Crippen molar-refractivity contribution < 1.29 is 14.3 Å². The van der Waals surface area contributed by atoms with Crippen molar-refractivity contribution in [2.24, 2.45) is 0 Å². The number of anilines is 1. The van der Waals surface area contributed by atoms with Crippen molar-refractivity contribution in [1.29, 1.82) is 0 Å². The average Bonchev–Trinajstić information content (AvgIpc) is 3.16. The lowest BCUT2D eigenvalue weighted by atomic mass is 9.97. The Morgan fingerprint density at radius 3 is 2.67 bits per heavy atom. The second-order valence-corrected chi connectivity index (χ2v) is 7.58. The summed E-state index contributed by atoms with van der Waals surface area (Å²) in [6.07, 6.45) is 4.39. The van der Waals surface area contributed by atoms with Gasteiger partial charge in [-0.25, -0.2) is 4.98 Å². The number of hydrogen-bond acceptors (Lipinski definition) is 6. The second-order valence-electron chi connectivity index (χ2n) is 6.52. The molecule has 3 rings (SSSR count). The van der Waals surface area contributed by atoms with Crippen molar-refractivity contribution >= 4 is 28.2 Å².